The second-order valence-electron chi connectivity index (χ2n) is 3.68. The first-order valence-electron chi connectivity index (χ1n) is 5.31. The molecule has 0 radical (unpaired) electrons. The molecule has 1 rings (SSSR count). The SMILES string of the molecule is CCNCC(C)COc1ccc(I)cc1. The highest BCUT2D eigenvalue weighted by Gasteiger charge is 2.02. The Balaban J connectivity index is 2.27. The second kappa shape index (κ2) is 7.06. The first-order chi connectivity index (χ1) is 7.22. The molecule has 0 spiro atoms. The van der Waals surface area contributed by atoms with Crippen LogP contribution in [0.25, 0.3) is 0 Å². The monoisotopic (exact) mass is 319 g/mol. The van der Waals surface area contributed by atoms with Crippen molar-refractivity contribution in [2.24, 2.45) is 5.92 Å². The Labute approximate surface area is 106 Å². The summed E-state index contributed by atoms with van der Waals surface area (Å²) in [5, 5.41) is 3.31. The molecule has 0 bridgehead atoms. The highest BCUT2D eigenvalue weighted by molar-refractivity contribution is 14.1. The fraction of sp³-hybridized carbons (Fsp3) is 0.500. The van der Waals surface area contributed by atoms with Gasteiger partial charge in [0.1, 0.15) is 5.75 Å². The van der Waals surface area contributed by atoms with Gasteiger partial charge in [-0.3, -0.25) is 0 Å². The summed E-state index contributed by atoms with van der Waals surface area (Å²) in [6.07, 6.45) is 0. The number of ether oxygens (including phenoxy) is 1. The Hall–Kier alpha value is -0.290. The Morgan fingerprint density at radius 2 is 2.00 bits per heavy atom. The van der Waals surface area contributed by atoms with Crippen LogP contribution in [0.15, 0.2) is 24.3 Å². The van der Waals surface area contributed by atoms with Gasteiger partial charge in [0.15, 0.2) is 0 Å². The summed E-state index contributed by atoms with van der Waals surface area (Å²) in [6.45, 7) is 7.12. The molecule has 0 aliphatic carbocycles. The molecule has 0 heterocycles. The van der Waals surface area contributed by atoms with Crippen molar-refractivity contribution >= 4 is 22.6 Å². The van der Waals surface area contributed by atoms with Crippen molar-refractivity contribution in [3.8, 4) is 5.75 Å². The van der Waals surface area contributed by atoms with Crippen molar-refractivity contribution in [2.75, 3.05) is 19.7 Å². The highest BCUT2D eigenvalue weighted by Crippen LogP contribution is 2.14. The molecule has 15 heavy (non-hydrogen) atoms. The van der Waals surface area contributed by atoms with E-state index in [1.165, 1.54) is 3.57 Å². The molecule has 0 saturated heterocycles. The van der Waals surface area contributed by atoms with Crippen LogP contribution in [0.3, 0.4) is 0 Å². The summed E-state index contributed by atoms with van der Waals surface area (Å²) in [6, 6.07) is 8.15. The minimum absolute atomic E-state index is 0.546. The minimum Gasteiger partial charge on any atom is -0.493 e. The molecule has 1 aromatic carbocycles. The summed E-state index contributed by atoms with van der Waals surface area (Å²) in [5.74, 6) is 1.50. The molecule has 1 N–H and O–H groups in total. The van der Waals surface area contributed by atoms with E-state index >= 15 is 0 Å². The zero-order valence-corrected chi connectivity index (χ0v) is 11.5. The van der Waals surface area contributed by atoms with E-state index in [9.17, 15) is 0 Å². The van der Waals surface area contributed by atoms with E-state index < -0.39 is 0 Å². The molecule has 1 unspecified atom stereocenters. The van der Waals surface area contributed by atoms with Crippen LogP contribution in [0, 0.1) is 9.49 Å². The lowest BCUT2D eigenvalue weighted by Gasteiger charge is -2.13. The quantitative estimate of drug-likeness (QED) is 0.814. The third-order valence-corrected chi connectivity index (χ3v) is 2.81. The van der Waals surface area contributed by atoms with E-state index in [0.717, 1.165) is 25.4 Å². The van der Waals surface area contributed by atoms with Crippen LogP contribution >= 0.6 is 22.6 Å². The number of rotatable bonds is 6. The zero-order valence-electron chi connectivity index (χ0n) is 9.29. The van der Waals surface area contributed by atoms with E-state index in [1.54, 1.807) is 0 Å². The Morgan fingerprint density at radius 1 is 1.33 bits per heavy atom. The van der Waals surface area contributed by atoms with Crippen LogP contribution in [-0.2, 0) is 0 Å². The van der Waals surface area contributed by atoms with Gasteiger partial charge in [0.25, 0.3) is 0 Å². The first-order valence-corrected chi connectivity index (χ1v) is 6.39. The number of hydrogen-bond acceptors (Lipinski definition) is 2. The maximum Gasteiger partial charge on any atom is 0.119 e. The van der Waals surface area contributed by atoms with E-state index in [0.29, 0.717) is 5.92 Å². The van der Waals surface area contributed by atoms with Crippen LogP contribution in [0.4, 0.5) is 0 Å². The third-order valence-electron chi connectivity index (χ3n) is 2.09. The van der Waals surface area contributed by atoms with E-state index in [2.05, 4.69) is 53.9 Å². The van der Waals surface area contributed by atoms with Gasteiger partial charge in [0, 0.05) is 16.0 Å². The molecular weight excluding hydrogens is 301 g/mol. The van der Waals surface area contributed by atoms with Gasteiger partial charge < -0.3 is 10.1 Å². The third kappa shape index (κ3) is 5.37. The van der Waals surface area contributed by atoms with Crippen molar-refractivity contribution in [1.82, 2.24) is 5.32 Å². The lowest BCUT2D eigenvalue weighted by atomic mass is 10.2. The second-order valence-corrected chi connectivity index (χ2v) is 4.92. The largest absolute Gasteiger partial charge is 0.493 e. The van der Waals surface area contributed by atoms with Crippen LogP contribution < -0.4 is 10.1 Å². The average molecular weight is 319 g/mol. The molecule has 0 aliphatic heterocycles. The molecule has 1 atom stereocenters. The Kier molecular flexibility index (Phi) is 6.02. The number of halogens is 1. The predicted molar refractivity (Wildman–Crippen MR) is 72.4 cm³/mol. The molecule has 0 saturated carbocycles. The summed E-state index contributed by atoms with van der Waals surface area (Å²) < 4.78 is 6.91. The molecule has 0 aromatic heterocycles. The number of benzene rings is 1. The fourth-order valence-corrected chi connectivity index (χ4v) is 1.58. The Bertz CT molecular complexity index is 273. The topological polar surface area (TPSA) is 21.3 Å². The van der Waals surface area contributed by atoms with E-state index in [4.69, 9.17) is 4.74 Å². The standard InChI is InChI=1S/C12H18INO/c1-3-14-8-10(2)9-15-12-6-4-11(13)5-7-12/h4-7,10,14H,3,8-9H2,1-2H3. The maximum absolute atomic E-state index is 5.68. The van der Waals surface area contributed by atoms with Gasteiger partial charge in [-0.15, -0.1) is 0 Å². The first kappa shape index (κ1) is 12.8. The number of hydrogen-bond donors (Lipinski definition) is 1. The van der Waals surface area contributed by atoms with Gasteiger partial charge in [-0.05, 0) is 53.4 Å². The van der Waals surface area contributed by atoms with Gasteiger partial charge in [-0.25, -0.2) is 0 Å². The molecule has 2 nitrogen and oxygen atoms in total. The molecular formula is C12H18INO. The smallest absolute Gasteiger partial charge is 0.119 e. The van der Waals surface area contributed by atoms with Gasteiger partial charge in [0.2, 0.25) is 0 Å². The fourth-order valence-electron chi connectivity index (χ4n) is 1.22. The summed E-state index contributed by atoms with van der Waals surface area (Å²) in [4.78, 5) is 0. The van der Waals surface area contributed by atoms with Gasteiger partial charge in [-0.2, -0.15) is 0 Å². The zero-order chi connectivity index (χ0) is 11.1. The van der Waals surface area contributed by atoms with Gasteiger partial charge in [0.05, 0.1) is 6.61 Å². The molecule has 3 heteroatoms. The predicted octanol–water partition coefficient (Wildman–Crippen LogP) is 2.92. The molecule has 0 amide bonds. The van der Waals surface area contributed by atoms with Crippen LogP contribution in [0.2, 0.25) is 0 Å². The summed E-state index contributed by atoms with van der Waals surface area (Å²) in [5.41, 5.74) is 0. The van der Waals surface area contributed by atoms with E-state index in [-0.39, 0.29) is 0 Å². The van der Waals surface area contributed by atoms with Crippen molar-refractivity contribution < 1.29 is 4.74 Å². The van der Waals surface area contributed by atoms with Gasteiger partial charge in [-0.1, -0.05) is 13.8 Å². The van der Waals surface area contributed by atoms with Crippen molar-refractivity contribution in [1.29, 1.82) is 0 Å². The van der Waals surface area contributed by atoms with Crippen molar-refractivity contribution in [3.63, 3.8) is 0 Å². The normalized spacial score (nSPS) is 12.5. The molecule has 84 valence electrons. The highest BCUT2D eigenvalue weighted by atomic mass is 127. The lowest BCUT2D eigenvalue weighted by Crippen LogP contribution is -2.24. The minimum atomic E-state index is 0.546. The van der Waals surface area contributed by atoms with E-state index in [1.807, 2.05) is 12.1 Å². The lowest BCUT2D eigenvalue weighted by molar-refractivity contribution is 0.256. The van der Waals surface area contributed by atoms with Crippen molar-refractivity contribution in [2.45, 2.75) is 13.8 Å². The summed E-state index contributed by atoms with van der Waals surface area (Å²) in [7, 11) is 0. The van der Waals surface area contributed by atoms with Crippen LogP contribution in [0.1, 0.15) is 13.8 Å². The molecule has 0 fully saturated rings. The number of nitrogens with one attached hydrogen (secondary N) is 1. The van der Waals surface area contributed by atoms with Crippen LogP contribution in [-0.4, -0.2) is 19.7 Å². The Morgan fingerprint density at radius 3 is 2.60 bits per heavy atom. The average Bonchev–Trinajstić information content (AvgIpc) is 2.25. The van der Waals surface area contributed by atoms with Gasteiger partial charge >= 0.3 is 0 Å². The summed E-state index contributed by atoms with van der Waals surface area (Å²) >= 11 is 2.29. The van der Waals surface area contributed by atoms with Crippen molar-refractivity contribution in [3.05, 3.63) is 27.8 Å². The molecule has 1 aromatic rings. The molecule has 0 aliphatic rings. The van der Waals surface area contributed by atoms with Crippen LogP contribution in [0.5, 0.6) is 5.75 Å². The maximum atomic E-state index is 5.68.